The second-order valence-corrected chi connectivity index (χ2v) is 7.62. The number of anilines is 1. The van der Waals surface area contributed by atoms with Crippen LogP contribution in [0.15, 0.2) is 54.6 Å². The third-order valence-corrected chi connectivity index (χ3v) is 4.97. The van der Waals surface area contributed by atoms with E-state index in [1.54, 1.807) is 4.90 Å². The minimum Gasteiger partial charge on any atom is -0.491 e. The number of benzene rings is 2. The van der Waals surface area contributed by atoms with Crippen molar-refractivity contribution in [1.29, 1.82) is 0 Å². The van der Waals surface area contributed by atoms with Crippen LogP contribution in [-0.2, 0) is 9.59 Å². The van der Waals surface area contributed by atoms with Gasteiger partial charge in [-0.2, -0.15) is 0 Å². The first kappa shape index (κ1) is 19.9. The van der Waals surface area contributed by atoms with Crippen LogP contribution in [0.5, 0.6) is 5.75 Å². The van der Waals surface area contributed by atoms with Crippen molar-refractivity contribution in [1.82, 2.24) is 5.32 Å². The molecule has 0 aliphatic carbocycles. The van der Waals surface area contributed by atoms with Gasteiger partial charge in [0.05, 0.1) is 12.0 Å². The zero-order valence-electron chi connectivity index (χ0n) is 16.7. The van der Waals surface area contributed by atoms with E-state index in [-0.39, 0.29) is 36.2 Å². The summed E-state index contributed by atoms with van der Waals surface area (Å²) in [6, 6.07) is 17.6. The fraction of sp³-hybridized carbons (Fsp3) is 0.391. The molecule has 1 saturated heterocycles. The molecule has 2 aromatic carbocycles. The van der Waals surface area contributed by atoms with Crippen molar-refractivity contribution in [3.63, 3.8) is 0 Å². The summed E-state index contributed by atoms with van der Waals surface area (Å²) in [6.07, 6.45) is 0.348. The third kappa shape index (κ3) is 4.91. The standard InChI is InChI=1S/C23H28N2O3/c1-16(2)28-21-11-9-20(10-12-21)25-15-19(13-22(25)26)23(27)24-14-17(3)18-7-5-4-6-8-18/h4-12,16-17,19H,13-15H2,1-3H3,(H,24,27)/t17-,19+/m0/s1. The summed E-state index contributed by atoms with van der Waals surface area (Å²) in [6.45, 7) is 7.01. The molecule has 3 rings (SSSR count). The monoisotopic (exact) mass is 380 g/mol. The van der Waals surface area contributed by atoms with Gasteiger partial charge in [-0.25, -0.2) is 0 Å². The summed E-state index contributed by atoms with van der Waals surface area (Å²) < 4.78 is 5.64. The van der Waals surface area contributed by atoms with E-state index in [0.717, 1.165) is 11.4 Å². The Balaban J connectivity index is 1.55. The zero-order valence-corrected chi connectivity index (χ0v) is 16.7. The van der Waals surface area contributed by atoms with Crippen LogP contribution < -0.4 is 15.0 Å². The van der Waals surface area contributed by atoms with E-state index >= 15 is 0 Å². The number of nitrogens with one attached hydrogen (secondary N) is 1. The molecular formula is C23H28N2O3. The van der Waals surface area contributed by atoms with Gasteiger partial charge in [-0.05, 0) is 49.6 Å². The normalized spacial score (nSPS) is 17.6. The minimum absolute atomic E-state index is 0.0196. The van der Waals surface area contributed by atoms with Gasteiger partial charge in [0.1, 0.15) is 5.75 Å². The predicted octanol–water partition coefficient (Wildman–Crippen LogP) is 3.75. The Hall–Kier alpha value is -2.82. The van der Waals surface area contributed by atoms with Gasteiger partial charge < -0.3 is 15.0 Å². The molecule has 0 spiro atoms. The number of rotatable bonds is 7. The lowest BCUT2D eigenvalue weighted by Crippen LogP contribution is -2.35. The van der Waals surface area contributed by atoms with Crippen molar-refractivity contribution in [2.75, 3.05) is 18.0 Å². The van der Waals surface area contributed by atoms with Gasteiger partial charge in [0.2, 0.25) is 11.8 Å². The molecule has 2 atom stereocenters. The van der Waals surface area contributed by atoms with E-state index in [0.29, 0.717) is 13.1 Å². The molecule has 148 valence electrons. The summed E-state index contributed by atoms with van der Waals surface area (Å²) >= 11 is 0. The molecule has 1 fully saturated rings. The highest BCUT2D eigenvalue weighted by molar-refractivity contribution is 6.00. The minimum atomic E-state index is -0.318. The van der Waals surface area contributed by atoms with Crippen LogP contribution in [0.1, 0.15) is 38.7 Å². The summed E-state index contributed by atoms with van der Waals surface area (Å²) in [5.41, 5.74) is 1.99. The highest BCUT2D eigenvalue weighted by Gasteiger charge is 2.35. The maximum atomic E-state index is 12.6. The Morgan fingerprint density at radius 2 is 1.79 bits per heavy atom. The molecule has 1 aliphatic heterocycles. The Morgan fingerprint density at radius 1 is 1.11 bits per heavy atom. The molecule has 0 aromatic heterocycles. The number of ether oxygens (including phenoxy) is 1. The molecule has 0 radical (unpaired) electrons. The van der Waals surface area contributed by atoms with Gasteiger partial charge in [0, 0.05) is 25.2 Å². The van der Waals surface area contributed by atoms with Gasteiger partial charge in [-0.1, -0.05) is 37.3 Å². The lowest BCUT2D eigenvalue weighted by atomic mass is 10.0. The molecule has 1 aliphatic rings. The largest absolute Gasteiger partial charge is 0.491 e. The Labute approximate surface area is 166 Å². The summed E-state index contributed by atoms with van der Waals surface area (Å²) in [4.78, 5) is 26.7. The molecule has 2 amide bonds. The van der Waals surface area contributed by atoms with Gasteiger partial charge in [-0.15, -0.1) is 0 Å². The molecule has 0 bridgehead atoms. The third-order valence-electron chi connectivity index (χ3n) is 4.97. The van der Waals surface area contributed by atoms with Crippen molar-refractivity contribution < 1.29 is 14.3 Å². The Kier molecular flexibility index (Phi) is 6.34. The van der Waals surface area contributed by atoms with Crippen molar-refractivity contribution >= 4 is 17.5 Å². The molecule has 2 aromatic rings. The molecule has 5 heteroatoms. The average Bonchev–Trinajstić information content (AvgIpc) is 3.08. The first-order chi connectivity index (χ1) is 13.4. The average molecular weight is 380 g/mol. The van der Waals surface area contributed by atoms with Crippen LogP contribution in [0.2, 0.25) is 0 Å². The number of hydrogen-bond donors (Lipinski definition) is 1. The second-order valence-electron chi connectivity index (χ2n) is 7.62. The SMILES string of the molecule is CC(C)Oc1ccc(N2C[C@H](C(=O)NC[C@H](C)c3ccccc3)CC2=O)cc1. The summed E-state index contributed by atoms with van der Waals surface area (Å²) in [5.74, 6) is 0.607. The number of hydrogen-bond acceptors (Lipinski definition) is 3. The van der Waals surface area contributed by atoms with Crippen LogP contribution in [0.3, 0.4) is 0 Å². The molecule has 28 heavy (non-hydrogen) atoms. The van der Waals surface area contributed by atoms with Crippen molar-refractivity contribution in [3.8, 4) is 5.75 Å². The first-order valence-electron chi connectivity index (χ1n) is 9.83. The lowest BCUT2D eigenvalue weighted by molar-refractivity contribution is -0.126. The highest BCUT2D eigenvalue weighted by atomic mass is 16.5. The van der Waals surface area contributed by atoms with Crippen LogP contribution in [-0.4, -0.2) is 31.0 Å². The molecule has 5 nitrogen and oxygen atoms in total. The van der Waals surface area contributed by atoms with Gasteiger partial charge in [0.25, 0.3) is 0 Å². The van der Waals surface area contributed by atoms with E-state index in [2.05, 4.69) is 24.4 Å². The fourth-order valence-electron chi connectivity index (χ4n) is 3.41. The van der Waals surface area contributed by atoms with E-state index < -0.39 is 0 Å². The van der Waals surface area contributed by atoms with Crippen LogP contribution in [0, 0.1) is 5.92 Å². The summed E-state index contributed by atoms with van der Waals surface area (Å²) in [7, 11) is 0. The number of nitrogens with zero attached hydrogens (tertiary/aromatic N) is 1. The smallest absolute Gasteiger partial charge is 0.227 e. The van der Waals surface area contributed by atoms with E-state index in [1.165, 1.54) is 5.56 Å². The van der Waals surface area contributed by atoms with Crippen molar-refractivity contribution in [2.45, 2.75) is 39.2 Å². The second kappa shape index (κ2) is 8.91. The number of carbonyl (C=O) groups excluding carboxylic acids is 2. The van der Waals surface area contributed by atoms with Crippen LogP contribution >= 0.6 is 0 Å². The molecule has 1 heterocycles. The highest BCUT2D eigenvalue weighted by Crippen LogP contribution is 2.27. The zero-order chi connectivity index (χ0) is 20.1. The Morgan fingerprint density at radius 3 is 2.43 bits per heavy atom. The quantitative estimate of drug-likeness (QED) is 0.796. The molecular weight excluding hydrogens is 352 g/mol. The summed E-state index contributed by atoms with van der Waals surface area (Å²) in [5, 5.41) is 3.01. The van der Waals surface area contributed by atoms with Gasteiger partial charge in [0.15, 0.2) is 0 Å². The fourth-order valence-corrected chi connectivity index (χ4v) is 3.41. The number of carbonyl (C=O) groups is 2. The van der Waals surface area contributed by atoms with Crippen LogP contribution in [0.25, 0.3) is 0 Å². The van der Waals surface area contributed by atoms with Crippen LogP contribution in [0.4, 0.5) is 5.69 Å². The topological polar surface area (TPSA) is 58.6 Å². The first-order valence-corrected chi connectivity index (χ1v) is 9.83. The van der Waals surface area contributed by atoms with E-state index in [1.807, 2.05) is 56.3 Å². The van der Waals surface area contributed by atoms with Crippen molar-refractivity contribution in [2.24, 2.45) is 5.92 Å². The maximum absolute atomic E-state index is 12.6. The van der Waals surface area contributed by atoms with Crippen molar-refractivity contribution in [3.05, 3.63) is 60.2 Å². The maximum Gasteiger partial charge on any atom is 0.227 e. The molecule has 1 N–H and O–H groups in total. The predicted molar refractivity (Wildman–Crippen MR) is 111 cm³/mol. The molecule has 0 saturated carbocycles. The van der Waals surface area contributed by atoms with Gasteiger partial charge >= 0.3 is 0 Å². The van der Waals surface area contributed by atoms with E-state index in [9.17, 15) is 9.59 Å². The van der Waals surface area contributed by atoms with Gasteiger partial charge in [-0.3, -0.25) is 9.59 Å². The number of amides is 2. The van der Waals surface area contributed by atoms with E-state index in [4.69, 9.17) is 4.74 Å². The molecule has 0 unspecified atom stereocenters. The lowest BCUT2D eigenvalue weighted by Gasteiger charge is -2.18. The Bertz CT molecular complexity index is 802.